The second-order valence-corrected chi connectivity index (χ2v) is 5.77. The zero-order valence-electron chi connectivity index (χ0n) is 13.5. The molecule has 0 aromatic heterocycles. The van der Waals surface area contributed by atoms with Crippen molar-refractivity contribution in [3.8, 4) is 11.8 Å². The Labute approximate surface area is 139 Å². The Morgan fingerprint density at radius 1 is 1.17 bits per heavy atom. The summed E-state index contributed by atoms with van der Waals surface area (Å²) in [5.41, 5.74) is -1.51. The van der Waals surface area contributed by atoms with Crippen LogP contribution in [0.25, 0.3) is 0 Å². The number of halogens is 3. The first-order valence-electron chi connectivity index (χ1n) is 7.84. The number of unbranched alkanes of at least 4 members (excludes halogenated alkanes) is 2. The molecule has 0 aliphatic heterocycles. The fraction of sp³-hybridized carbons (Fsp3) is 0.588. The van der Waals surface area contributed by atoms with Crippen LogP contribution in [-0.4, -0.2) is 29.0 Å². The lowest BCUT2D eigenvalue weighted by molar-refractivity contribution is -0.137. The molecule has 0 aliphatic rings. The van der Waals surface area contributed by atoms with E-state index in [9.17, 15) is 18.3 Å². The number of alkyl halides is 3. The molecule has 0 heterocycles. The molecule has 24 heavy (non-hydrogen) atoms. The Kier molecular flexibility index (Phi) is 8.02. The molecule has 134 valence electrons. The van der Waals surface area contributed by atoms with Gasteiger partial charge in [-0.2, -0.15) is 18.4 Å². The van der Waals surface area contributed by atoms with Gasteiger partial charge in [0.15, 0.2) is 0 Å². The molecule has 1 aromatic carbocycles. The zero-order chi connectivity index (χ0) is 18.2. The third-order valence-corrected chi connectivity index (χ3v) is 3.52. The van der Waals surface area contributed by atoms with Crippen molar-refractivity contribution in [1.29, 1.82) is 5.26 Å². The maximum absolute atomic E-state index is 12.8. The minimum absolute atomic E-state index is 0.0329. The summed E-state index contributed by atoms with van der Waals surface area (Å²) in [5.74, 6) is -0.0329. The van der Waals surface area contributed by atoms with E-state index in [-0.39, 0.29) is 18.5 Å². The van der Waals surface area contributed by atoms with E-state index in [1.165, 1.54) is 12.1 Å². The minimum atomic E-state index is -4.63. The van der Waals surface area contributed by atoms with E-state index in [0.717, 1.165) is 31.4 Å². The topological polar surface area (TPSA) is 73.5 Å². The second-order valence-electron chi connectivity index (χ2n) is 5.77. The molecule has 2 unspecified atom stereocenters. The van der Waals surface area contributed by atoms with Gasteiger partial charge in [0, 0.05) is 0 Å². The zero-order valence-corrected chi connectivity index (χ0v) is 13.5. The quantitative estimate of drug-likeness (QED) is 0.670. The second kappa shape index (κ2) is 9.50. The van der Waals surface area contributed by atoms with Crippen LogP contribution in [0.2, 0.25) is 0 Å². The Morgan fingerprint density at radius 3 is 2.42 bits per heavy atom. The van der Waals surface area contributed by atoms with E-state index in [0.29, 0.717) is 12.8 Å². The molecule has 0 amide bonds. The third-order valence-electron chi connectivity index (χ3n) is 3.52. The van der Waals surface area contributed by atoms with Crippen molar-refractivity contribution >= 4 is 0 Å². The number of aliphatic hydroxyl groups excluding tert-OH is 2. The summed E-state index contributed by atoms with van der Waals surface area (Å²) in [6.07, 6.45) is -2.10. The SMILES string of the molecule is CC(O)CCCCCC(O)COc1ccc(C#N)c(C(F)(F)F)c1. The Hall–Kier alpha value is -1.78. The molecule has 0 saturated heterocycles. The summed E-state index contributed by atoms with van der Waals surface area (Å²) in [6.45, 7) is 1.61. The molecule has 0 radical (unpaired) electrons. The lowest BCUT2D eigenvalue weighted by atomic mass is 10.1. The van der Waals surface area contributed by atoms with Crippen molar-refractivity contribution in [3.05, 3.63) is 29.3 Å². The molecule has 7 heteroatoms. The molecule has 4 nitrogen and oxygen atoms in total. The van der Waals surface area contributed by atoms with Crippen molar-refractivity contribution in [3.63, 3.8) is 0 Å². The number of nitriles is 1. The maximum Gasteiger partial charge on any atom is 0.417 e. The van der Waals surface area contributed by atoms with Gasteiger partial charge >= 0.3 is 6.18 Å². The number of benzene rings is 1. The van der Waals surface area contributed by atoms with Crippen molar-refractivity contribution in [2.45, 2.75) is 57.4 Å². The largest absolute Gasteiger partial charge is 0.491 e. The predicted molar refractivity (Wildman–Crippen MR) is 82.4 cm³/mol. The fourth-order valence-corrected chi connectivity index (χ4v) is 2.22. The van der Waals surface area contributed by atoms with E-state index in [4.69, 9.17) is 15.1 Å². The van der Waals surface area contributed by atoms with E-state index in [2.05, 4.69) is 0 Å². The first-order chi connectivity index (χ1) is 11.2. The number of hydrogen-bond acceptors (Lipinski definition) is 4. The molecule has 0 spiro atoms. The molecular weight excluding hydrogens is 323 g/mol. The highest BCUT2D eigenvalue weighted by Gasteiger charge is 2.34. The van der Waals surface area contributed by atoms with Crippen molar-refractivity contribution in [1.82, 2.24) is 0 Å². The Morgan fingerprint density at radius 2 is 1.83 bits per heavy atom. The van der Waals surface area contributed by atoms with Crippen LogP contribution in [0.4, 0.5) is 13.2 Å². The van der Waals surface area contributed by atoms with Gasteiger partial charge in [-0.3, -0.25) is 0 Å². The number of aliphatic hydroxyl groups is 2. The fourth-order valence-electron chi connectivity index (χ4n) is 2.22. The number of ether oxygens (including phenoxy) is 1. The van der Waals surface area contributed by atoms with Crippen LogP contribution in [0.1, 0.15) is 50.2 Å². The summed E-state index contributed by atoms with van der Waals surface area (Å²) in [6, 6.07) is 4.61. The highest BCUT2D eigenvalue weighted by Crippen LogP contribution is 2.34. The summed E-state index contributed by atoms with van der Waals surface area (Å²) in [7, 11) is 0. The van der Waals surface area contributed by atoms with Crippen LogP contribution in [0, 0.1) is 11.3 Å². The van der Waals surface area contributed by atoms with Crippen LogP contribution in [0.5, 0.6) is 5.75 Å². The Bertz CT molecular complexity index is 553. The van der Waals surface area contributed by atoms with Crippen molar-refractivity contribution in [2.24, 2.45) is 0 Å². The molecule has 0 aliphatic carbocycles. The normalized spacial score (nSPS) is 14.0. The molecule has 2 N–H and O–H groups in total. The highest BCUT2D eigenvalue weighted by molar-refractivity contribution is 5.44. The van der Waals surface area contributed by atoms with Gasteiger partial charge in [0.25, 0.3) is 0 Å². The Balaban J connectivity index is 2.46. The van der Waals surface area contributed by atoms with Crippen LogP contribution < -0.4 is 4.74 Å². The summed E-state index contributed by atoms with van der Waals surface area (Å²) in [4.78, 5) is 0. The average molecular weight is 345 g/mol. The first-order valence-corrected chi connectivity index (χ1v) is 7.84. The molecule has 1 aromatic rings. The molecular formula is C17H22F3NO3. The van der Waals surface area contributed by atoms with Crippen molar-refractivity contribution < 1.29 is 28.1 Å². The smallest absolute Gasteiger partial charge is 0.417 e. The molecule has 0 saturated carbocycles. The van der Waals surface area contributed by atoms with Gasteiger partial charge < -0.3 is 14.9 Å². The van der Waals surface area contributed by atoms with Crippen LogP contribution >= 0.6 is 0 Å². The predicted octanol–water partition coefficient (Wildman–Crippen LogP) is 3.65. The van der Waals surface area contributed by atoms with Gasteiger partial charge in [0.1, 0.15) is 12.4 Å². The van der Waals surface area contributed by atoms with Crippen LogP contribution in [0.15, 0.2) is 18.2 Å². The lowest BCUT2D eigenvalue weighted by Crippen LogP contribution is -2.18. The lowest BCUT2D eigenvalue weighted by Gasteiger charge is -2.14. The molecule has 0 fully saturated rings. The average Bonchev–Trinajstić information content (AvgIpc) is 2.51. The van der Waals surface area contributed by atoms with E-state index in [1.54, 1.807) is 6.92 Å². The molecule has 1 rings (SSSR count). The summed E-state index contributed by atoms with van der Waals surface area (Å²) >= 11 is 0. The van der Waals surface area contributed by atoms with Gasteiger partial charge in [0.05, 0.1) is 29.4 Å². The summed E-state index contributed by atoms with van der Waals surface area (Å²) < 4.78 is 43.7. The number of rotatable bonds is 9. The van der Waals surface area contributed by atoms with Gasteiger partial charge in [-0.1, -0.05) is 19.3 Å². The maximum atomic E-state index is 12.8. The summed E-state index contributed by atoms with van der Waals surface area (Å²) in [5, 5.41) is 27.6. The molecule has 0 bridgehead atoms. The van der Waals surface area contributed by atoms with Gasteiger partial charge in [-0.05, 0) is 38.0 Å². The number of hydrogen-bond donors (Lipinski definition) is 2. The third kappa shape index (κ3) is 7.20. The monoisotopic (exact) mass is 345 g/mol. The van der Waals surface area contributed by atoms with E-state index < -0.39 is 23.4 Å². The minimum Gasteiger partial charge on any atom is -0.491 e. The first kappa shape index (κ1) is 20.3. The van der Waals surface area contributed by atoms with Gasteiger partial charge in [0.2, 0.25) is 0 Å². The van der Waals surface area contributed by atoms with Gasteiger partial charge in [-0.15, -0.1) is 0 Å². The van der Waals surface area contributed by atoms with Crippen LogP contribution in [0.3, 0.4) is 0 Å². The van der Waals surface area contributed by atoms with E-state index >= 15 is 0 Å². The van der Waals surface area contributed by atoms with Gasteiger partial charge in [-0.25, -0.2) is 0 Å². The van der Waals surface area contributed by atoms with Crippen molar-refractivity contribution in [2.75, 3.05) is 6.61 Å². The van der Waals surface area contributed by atoms with Crippen LogP contribution in [-0.2, 0) is 6.18 Å². The highest BCUT2D eigenvalue weighted by atomic mass is 19.4. The molecule has 2 atom stereocenters. The number of nitrogens with zero attached hydrogens (tertiary/aromatic N) is 1. The standard InChI is InChI=1S/C17H22F3NO3/c1-12(22)5-3-2-4-6-14(23)11-24-15-8-7-13(10-21)16(9-15)17(18,19)20/h7-9,12,14,22-23H,2-6,11H2,1H3. The van der Waals surface area contributed by atoms with E-state index in [1.807, 2.05) is 0 Å².